The average Bonchev–Trinajstić information content (AvgIpc) is 2.23. The SMILES string of the molecule is CC(CN)CS(=O)Cc1ccc(F)c(Br)c1. The number of rotatable bonds is 5. The second kappa shape index (κ2) is 6.47. The quantitative estimate of drug-likeness (QED) is 0.908. The summed E-state index contributed by atoms with van der Waals surface area (Å²) in [6.45, 7) is 2.51. The average molecular weight is 308 g/mol. The molecular weight excluding hydrogens is 293 g/mol. The van der Waals surface area contributed by atoms with Gasteiger partial charge >= 0.3 is 0 Å². The van der Waals surface area contributed by atoms with Gasteiger partial charge in [0.25, 0.3) is 0 Å². The smallest absolute Gasteiger partial charge is 0.137 e. The van der Waals surface area contributed by atoms with Crippen molar-refractivity contribution in [2.45, 2.75) is 12.7 Å². The molecular formula is C11H15BrFNOS. The normalized spacial score (nSPS) is 14.8. The summed E-state index contributed by atoms with van der Waals surface area (Å²) < 4.78 is 25.1. The van der Waals surface area contributed by atoms with Crippen molar-refractivity contribution in [1.82, 2.24) is 0 Å². The molecule has 0 bridgehead atoms. The molecule has 0 fully saturated rings. The molecule has 0 heterocycles. The lowest BCUT2D eigenvalue weighted by Crippen LogP contribution is -2.18. The monoisotopic (exact) mass is 307 g/mol. The van der Waals surface area contributed by atoms with Gasteiger partial charge in [0, 0.05) is 22.3 Å². The van der Waals surface area contributed by atoms with Crippen molar-refractivity contribution in [2.24, 2.45) is 11.7 Å². The molecule has 0 amide bonds. The van der Waals surface area contributed by atoms with Gasteiger partial charge in [0.2, 0.25) is 0 Å². The molecule has 0 radical (unpaired) electrons. The molecule has 0 spiro atoms. The molecule has 1 aromatic carbocycles. The Balaban J connectivity index is 2.59. The molecule has 5 heteroatoms. The van der Waals surface area contributed by atoms with Crippen molar-refractivity contribution in [1.29, 1.82) is 0 Å². The van der Waals surface area contributed by atoms with E-state index in [2.05, 4.69) is 15.9 Å². The minimum absolute atomic E-state index is 0.254. The van der Waals surface area contributed by atoms with Gasteiger partial charge in [-0.2, -0.15) is 0 Å². The van der Waals surface area contributed by atoms with Crippen LogP contribution in [-0.2, 0) is 16.6 Å². The maximum atomic E-state index is 13.0. The van der Waals surface area contributed by atoms with Gasteiger partial charge in [0.05, 0.1) is 4.47 Å². The molecule has 1 aromatic rings. The third-order valence-electron chi connectivity index (χ3n) is 2.18. The predicted octanol–water partition coefficient (Wildman–Crippen LogP) is 2.43. The summed E-state index contributed by atoms with van der Waals surface area (Å²) in [6.07, 6.45) is 0. The second-order valence-corrected chi connectivity index (χ2v) is 6.20. The highest BCUT2D eigenvalue weighted by Crippen LogP contribution is 2.18. The lowest BCUT2D eigenvalue weighted by atomic mass is 10.2. The Morgan fingerprint density at radius 3 is 2.81 bits per heavy atom. The molecule has 0 aromatic heterocycles. The lowest BCUT2D eigenvalue weighted by Gasteiger charge is -2.08. The highest BCUT2D eigenvalue weighted by atomic mass is 79.9. The first-order valence-electron chi connectivity index (χ1n) is 5.02. The number of nitrogens with two attached hydrogens (primary N) is 1. The van der Waals surface area contributed by atoms with Crippen molar-refractivity contribution >= 4 is 26.7 Å². The zero-order valence-corrected chi connectivity index (χ0v) is 11.5. The van der Waals surface area contributed by atoms with Gasteiger partial charge in [-0.25, -0.2) is 4.39 Å². The standard InChI is InChI=1S/C11H15BrFNOS/c1-8(5-14)6-16(15)7-9-2-3-11(13)10(12)4-9/h2-4,8H,5-7,14H2,1H3. The van der Waals surface area contributed by atoms with E-state index in [1.807, 2.05) is 6.92 Å². The summed E-state index contributed by atoms with van der Waals surface area (Å²) in [5.41, 5.74) is 6.34. The first-order valence-corrected chi connectivity index (χ1v) is 7.30. The minimum Gasteiger partial charge on any atom is -0.330 e. The van der Waals surface area contributed by atoms with Crippen LogP contribution in [0, 0.1) is 11.7 Å². The van der Waals surface area contributed by atoms with Gasteiger partial charge in [-0.1, -0.05) is 13.0 Å². The molecule has 2 atom stereocenters. The fourth-order valence-electron chi connectivity index (χ4n) is 1.26. The molecule has 90 valence electrons. The number of halogens is 2. The van der Waals surface area contributed by atoms with E-state index in [1.54, 1.807) is 12.1 Å². The molecule has 2 unspecified atom stereocenters. The van der Waals surface area contributed by atoms with E-state index < -0.39 is 10.8 Å². The van der Waals surface area contributed by atoms with E-state index in [0.717, 1.165) is 5.56 Å². The second-order valence-electron chi connectivity index (χ2n) is 3.84. The molecule has 1 rings (SSSR count). The number of hydrogen-bond donors (Lipinski definition) is 1. The van der Waals surface area contributed by atoms with Crippen LogP contribution in [0.15, 0.2) is 22.7 Å². The van der Waals surface area contributed by atoms with Crippen LogP contribution in [0.1, 0.15) is 12.5 Å². The zero-order chi connectivity index (χ0) is 12.1. The van der Waals surface area contributed by atoms with Crippen molar-refractivity contribution < 1.29 is 8.60 Å². The Labute approximate surface area is 106 Å². The van der Waals surface area contributed by atoms with Crippen LogP contribution in [0.4, 0.5) is 4.39 Å². The van der Waals surface area contributed by atoms with Crippen LogP contribution in [-0.4, -0.2) is 16.5 Å². The van der Waals surface area contributed by atoms with E-state index in [1.165, 1.54) is 6.07 Å². The molecule has 0 aliphatic carbocycles. The van der Waals surface area contributed by atoms with Crippen LogP contribution >= 0.6 is 15.9 Å². The molecule has 0 saturated carbocycles. The van der Waals surface area contributed by atoms with Crippen LogP contribution < -0.4 is 5.73 Å². The van der Waals surface area contributed by atoms with Crippen LogP contribution in [0.25, 0.3) is 0 Å². The highest BCUT2D eigenvalue weighted by molar-refractivity contribution is 9.10. The minimum atomic E-state index is -0.939. The first kappa shape index (κ1) is 13.8. The van der Waals surface area contributed by atoms with Crippen molar-refractivity contribution in [3.8, 4) is 0 Å². The number of benzene rings is 1. The maximum Gasteiger partial charge on any atom is 0.137 e. The van der Waals surface area contributed by atoms with Gasteiger partial charge in [0.15, 0.2) is 0 Å². The Morgan fingerprint density at radius 2 is 2.25 bits per heavy atom. The van der Waals surface area contributed by atoms with Gasteiger partial charge in [-0.05, 0) is 46.1 Å². The van der Waals surface area contributed by atoms with Gasteiger partial charge in [-0.15, -0.1) is 0 Å². The van der Waals surface area contributed by atoms with Gasteiger partial charge in [-0.3, -0.25) is 4.21 Å². The van der Waals surface area contributed by atoms with Crippen molar-refractivity contribution in [3.63, 3.8) is 0 Å². The van der Waals surface area contributed by atoms with Gasteiger partial charge in [0.1, 0.15) is 5.82 Å². The van der Waals surface area contributed by atoms with Crippen LogP contribution in [0.2, 0.25) is 0 Å². The summed E-state index contributed by atoms with van der Waals surface area (Å²) >= 11 is 3.11. The molecule has 16 heavy (non-hydrogen) atoms. The van der Waals surface area contributed by atoms with Crippen molar-refractivity contribution in [2.75, 3.05) is 12.3 Å². The van der Waals surface area contributed by atoms with Crippen LogP contribution in [0.5, 0.6) is 0 Å². The predicted molar refractivity (Wildman–Crippen MR) is 69.0 cm³/mol. The lowest BCUT2D eigenvalue weighted by molar-refractivity contribution is 0.620. The van der Waals surface area contributed by atoms with Crippen molar-refractivity contribution in [3.05, 3.63) is 34.1 Å². The molecule has 2 N–H and O–H groups in total. The summed E-state index contributed by atoms with van der Waals surface area (Å²) in [7, 11) is -0.939. The number of hydrogen-bond acceptors (Lipinski definition) is 2. The molecule has 0 saturated heterocycles. The van der Waals surface area contributed by atoms with Gasteiger partial charge < -0.3 is 5.73 Å². The Hall–Kier alpha value is -0.260. The summed E-state index contributed by atoms with van der Waals surface area (Å²) in [5.74, 6) is 0.990. The Bertz CT molecular complexity index is 386. The summed E-state index contributed by atoms with van der Waals surface area (Å²) in [5, 5.41) is 0. The Morgan fingerprint density at radius 1 is 1.56 bits per heavy atom. The third kappa shape index (κ3) is 4.31. The van der Waals surface area contributed by atoms with E-state index in [-0.39, 0.29) is 11.7 Å². The zero-order valence-electron chi connectivity index (χ0n) is 9.08. The summed E-state index contributed by atoms with van der Waals surface area (Å²) in [6, 6.07) is 4.70. The molecule has 2 nitrogen and oxygen atoms in total. The summed E-state index contributed by atoms with van der Waals surface area (Å²) in [4.78, 5) is 0. The fourth-order valence-corrected chi connectivity index (χ4v) is 3.13. The van der Waals surface area contributed by atoms with E-state index in [9.17, 15) is 8.60 Å². The molecule has 0 aliphatic rings. The maximum absolute atomic E-state index is 13.0. The Kier molecular flexibility index (Phi) is 5.58. The van der Waals surface area contributed by atoms with E-state index in [0.29, 0.717) is 22.5 Å². The topological polar surface area (TPSA) is 43.1 Å². The van der Waals surface area contributed by atoms with E-state index in [4.69, 9.17) is 5.73 Å². The third-order valence-corrected chi connectivity index (χ3v) is 4.39. The highest BCUT2D eigenvalue weighted by Gasteiger charge is 2.08. The molecule has 0 aliphatic heterocycles. The largest absolute Gasteiger partial charge is 0.330 e. The fraction of sp³-hybridized carbons (Fsp3) is 0.455. The van der Waals surface area contributed by atoms with E-state index >= 15 is 0 Å². The first-order chi connectivity index (χ1) is 7.52. The van der Waals surface area contributed by atoms with Crippen LogP contribution in [0.3, 0.4) is 0 Å².